The van der Waals surface area contributed by atoms with Crippen LogP contribution >= 0.6 is 0 Å². The summed E-state index contributed by atoms with van der Waals surface area (Å²) < 4.78 is 0. The Labute approximate surface area is 94.5 Å². The van der Waals surface area contributed by atoms with E-state index >= 15 is 0 Å². The summed E-state index contributed by atoms with van der Waals surface area (Å²) >= 11 is 0. The molecule has 84 valence electrons. The van der Waals surface area contributed by atoms with Crippen molar-refractivity contribution >= 4 is 0 Å². The number of allylic oxidation sites excluding steroid dienone is 4. The van der Waals surface area contributed by atoms with E-state index in [-0.39, 0.29) is 0 Å². The second-order valence-corrected chi connectivity index (χ2v) is 5.81. The molecule has 0 heteroatoms. The molecule has 0 amide bonds. The average Bonchev–Trinajstić information content (AvgIpc) is 2.69. The third-order valence-electron chi connectivity index (χ3n) is 4.30. The molecule has 0 nitrogen and oxygen atoms in total. The molecule has 2 rings (SSSR count). The van der Waals surface area contributed by atoms with E-state index in [1.165, 1.54) is 25.7 Å². The summed E-state index contributed by atoms with van der Waals surface area (Å²) in [4.78, 5) is 0. The van der Waals surface area contributed by atoms with E-state index in [4.69, 9.17) is 0 Å². The summed E-state index contributed by atoms with van der Waals surface area (Å²) in [6.07, 6.45) is 12.5. The average molecular weight is 204 g/mol. The highest BCUT2D eigenvalue weighted by atomic mass is 14.4. The van der Waals surface area contributed by atoms with Gasteiger partial charge in [0.25, 0.3) is 0 Å². The Bertz CT molecular complexity index is 270. The molecule has 2 aliphatic rings. The maximum absolute atomic E-state index is 2.42. The first kappa shape index (κ1) is 11.0. The Kier molecular flexibility index (Phi) is 3.33. The summed E-state index contributed by atoms with van der Waals surface area (Å²) in [5, 5.41) is 0. The van der Waals surface area contributed by atoms with E-state index in [0.29, 0.717) is 0 Å². The van der Waals surface area contributed by atoms with Crippen LogP contribution in [-0.2, 0) is 0 Å². The number of rotatable bonds is 2. The lowest BCUT2D eigenvalue weighted by molar-refractivity contribution is 0.169. The molecule has 0 aliphatic heterocycles. The Morgan fingerprint density at radius 1 is 1.27 bits per heavy atom. The predicted octanol–water partition coefficient (Wildman–Crippen LogP) is 4.58. The van der Waals surface area contributed by atoms with Gasteiger partial charge >= 0.3 is 0 Å². The van der Waals surface area contributed by atoms with Crippen LogP contribution in [-0.4, -0.2) is 0 Å². The zero-order valence-corrected chi connectivity index (χ0v) is 10.4. The fourth-order valence-electron chi connectivity index (χ4n) is 3.37. The molecule has 1 fully saturated rings. The van der Waals surface area contributed by atoms with Crippen LogP contribution in [0.2, 0.25) is 0 Å². The van der Waals surface area contributed by atoms with Crippen molar-refractivity contribution in [3.05, 3.63) is 23.8 Å². The van der Waals surface area contributed by atoms with Gasteiger partial charge in [-0.2, -0.15) is 0 Å². The first-order valence-electron chi connectivity index (χ1n) is 6.54. The molecule has 0 radical (unpaired) electrons. The molecule has 0 spiro atoms. The lowest BCUT2D eigenvalue weighted by atomic mass is 9.67. The van der Waals surface area contributed by atoms with Gasteiger partial charge in [0.2, 0.25) is 0 Å². The van der Waals surface area contributed by atoms with Crippen molar-refractivity contribution in [1.82, 2.24) is 0 Å². The first-order chi connectivity index (χ1) is 7.18. The Hall–Kier alpha value is -0.520. The smallest absolute Gasteiger partial charge is 0.0130 e. The van der Waals surface area contributed by atoms with Gasteiger partial charge in [-0.05, 0) is 42.9 Å². The van der Waals surface area contributed by atoms with Crippen molar-refractivity contribution in [2.24, 2.45) is 23.7 Å². The molecular weight excluding hydrogens is 180 g/mol. The van der Waals surface area contributed by atoms with Crippen LogP contribution in [0.25, 0.3) is 0 Å². The molecule has 0 aromatic carbocycles. The third kappa shape index (κ3) is 2.35. The van der Waals surface area contributed by atoms with Gasteiger partial charge in [0.05, 0.1) is 0 Å². The van der Waals surface area contributed by atoms with Gasteiger partial charge in [-0.15, -0.1) is 0 Å². The van der Waals surface area contributed by atoms with Crippen molar-refractivity contribution < 1.29 is 0 Å². The molecule has 0 unspecified atom stereocenters. The summed E-state index contributed by atoms with van der Waals surface area (Å²) in [7, 11) is 0. The molecule has 0 heterocycles. The van der Waals surface area contributed by atoms with E-state index in [1.54, 1.807) is 5.57 Å². The topological polar surface area (TPSA) is 0 Å². The highest BCUT2D eigenvalue weighted by Gasteiger charge is 2.32. The van der Waals surface area contributed by atoms with E-state index < -0.39 is 0 Å². The van der Waals surface area contributed by atoms with Gasteiger partial charge in [0, 0.05) is 0 Å². The molecule has 0 N–H and O–H groups in total. The van der Waals surface area contributed by atoms with Crippen molar-refractivity contribution in [2.75, 3.05) is 0 Å². The normalized spacial score (nSPS) is 36.0. The maximum atomic E-state index is 2.42. The molecule has 0 aromatic heterocycles. The summed E-state index contributed by atoms with van der Waals surface area (Å²) in [6, 6.07) is 0. The number of hydrogen-bond acceptors (Lipinski definition) is 0. The Morgan fingerprint density at radius 2 is 2.07 bits per heavy atom. The van der Waals surface area contributed by atoms with Crippen molar-refractivity contribution in [1.29, 1.82) is 0 Å². The second kappa shape index (κ2) is 4.55. The Balaban J connectivity index is 2.09. The zero-order valence-electron chi connectivity index (χ0n) is 10.4. The van der Waals surface area contributed by atoms with E-state index in [9.17, 15) is 0 Å². The fourth-order valence-corrected chi connectivity index (χ4v) is 3.37. The van der Waals surface area contributed by atoms with Crippen LogP contribution < -0.4 is 0 Å². The minimum Gasteiger partial charge on any atom is -0.0805 e. The SMILES string of the molecule is CC(C)[C@@H]1CC[C@@H](C)C[C@@H]1C1=CC=CC1. The van der Waals surface area contributed by atoms with Crippen molar-refractivity contribution in [3.63, 3.8) is 0 Å². The summed E-state index contributed by atoms with van der Waals surface area (Å²) in [6.45, 7) is 7.22. The molecular formula is C15H24. The Morgan fingerprint density at radius 3 is 2.67 bits per heavy atom. The van der Waals surface area contributed by atoms with E-state index in [2.05, 4.69) is 39.0 Å². The molecule has 0 saturated heterocycles. The van der Waals surface area contributed by atoms with Crippen LogP contribution in [0.15, 0.2) is 23.8 Å². The molecule has 3 atom stereocenters. The van der Waals surface area contributed by atoms with Gasteiger partial charge < -0.3 is 0 Å². The molecule has 2 aliphatic carbocycles. The van der Waals surface area contributed by atoms with Gasteiger partial charge in [0.15, 0.2) is 0 Å². The summed E-state index contributed by atoms with van der Waals surface area (Å²) in [5.41, 5.74) is 1.71. The zero-order chi connectivity index (χ0) is 10.8. The maximum Gasteiger partial charge on any atom is -0.0130 e. The van der Waals surface area contributed by atoms with E-state index in [1.807, 2.05) is 0 Å². The van der Waals surface area contributed by atoms with Crippen molar-refractivity contribution in [3.8, 4) is 0 Å². The van der Waals surface area contributed by atoms with Gasteiger partial charge in [-0.3, -0.25) is 0 Å². The van der Waals surface area contributed by atoms with Crippen LogP contribution in [0.4, 0.5) is 0 Å². The van der Waals surface area contributed by atoms with Gasteiger partial charge in [-0.25, -0.2) is 0 Å². The summed E-state index contributed by atoms with van der Waals surface area (Å²) in [5.74, 6) is 3.60. The first-order valence-corrected chi connectivity index (χ1v) is 6.54. The van der Waals surface area contributed by atoms with Crippen LogP contribution in [0.5, 0.6) is 0 Å². The minimum absolute atomic E-state index is 0.851. The molecule has 0 aromatic rings. The van der Waals surface area contributed by atoms with Crippen LogP contribution in [0.3, 0.4) is 0 Å². The van der Waals surface area contributed by atoms with Crippen LogP contribution in [0.1, 0.15) is 46.5 Å². The number of hydrogen-bond donors (Lipinski definition) is 0. The predicted molar refractivity (Wildman–Crippen MR) is 66.7 cm³/mol. The molecule has 15 heavy (non-hydrogen) atoms. The fraction of sp³-hybridized carbons (Fsp3) is 0.733. The highest BCUT2D eigenvalue weighted by molar-refractivity contribution is 5.26. The highest BCUT2D eigenvalue weighted by Crippen LogP contribution is 2.43. The standard InChI is InChI=1S/C15H24/c1-11(2)14-9-8-12(3)10-15(14)13-6-4-5-7-13/h4-6,11-12,14-15H,7-10H2,1-3H3/t12-,14+,15-/m1/s1. The molecule has 1 saturated carbocycles. The molecule has 0 bridgehead atoms. The quantitative estimate of drug-likeness (QED) is 0.617. The lowest BCUT2D eigenvalue weighted by Gasteiger charge is -2.38. The van der Waals surface area contributed by atoms with Gasteiger partial charge in [-0.1, -0.05) is 51.0 Å². The largest absolute Gasteiger partial charge is 0.0805 e. The van der Waals surface area contributed by atoms with Crippen LogP contribution in [0, 0.1) is 23.7 Å². The minimum atomic E-state index is 0.851. The van der Waals surface area contributed by atoms with Gasteiger partial charge in [0.1, 0.15) is 0 Å². The monoisotopic (exact) mass is 204 g/mol. The third-order valence-corrected chi connectivity index (χ3v) is 4.30. The second-order valence-electron chi connectivity index (χ2n) is 5.81. The van der Waals surface area contributed by atoms with E-state index in [0.717, 1.165) is 23.7 Å². The van der Waals surface area contributed by atoms with Crippen molar-refractivity contribution in [2.45, 2.75) is 46.5 Å². The lowest BCUT2D eigenvalue weighted by Crippen LogP contribution is -2.28.